The number of hydrogen-bond acceptors (Lipinski definition) is 2. The maximum Gasteiger partial charge on any atom is 0.125 e. The zero-order valence-electron chi connectivity index (χ0n) is 11.5. The summed E-state index contributed by atoms with van der Waals surface area (Å²) in [6.07, 6.45) is 0. The third-order valence-electron chi connectivity index (χ3n) is 3.22. The van der Waals surface area contributed by atoms with E-state index in [1.54, 1.807) is 0 Å². The van der Waals surface area contributed by atoms with Crippen molar-refractivity contribution in [3.8, 4) is 5.75 Å². The van der Waals surface area contributed by atoms with Crippen LogP contribution in [0.25, 0.3) is 0 Å². The van der Waals surface area contributed by atoms with E-state index in [2.05, 4.69) is 34.2 Å². The lowest BCUT2D eigenvalue weighted by atomic mass is 10.1. The summed E-state index contributed by atoms with van der Waals surface area (Å²) in [7, 11) is 1.94. The van der Waals surface area contributed by atoms with Crippen LogP contribution in [-0.2, 0) is 6.61 Å². The van der Waals surface area contributed by atoms with E-state index >= 15 is 0 Å². The fraction of sp³-hybridized carbons (Fsp3) is 0.250. The molecule has 106 valence electrons. The molecule has 2 aromatic rings. The van der Waals surface area contributed by atoms with Crippen molar-refractivity contribution >= 4 is 27.5 Å². The summed E-state index contributed by atoms with van der Waals surface area (Å²) in [4.78, 5) is 0. The second kappa shape index (κ2) is 7.11. The van der Waals surface area contributed by atoms with Crippen LogP contribution in [-0.4, -0.2) is 7.05 Å². The first-order valence-corrected chi connectivity index (χ1v) is 7.62. The number of hydrogen-bond donors (Lipinski definition) is 1. The van der Waals surface area contributed by atoms with Crippen LogP contribution in [0.2, 0.25) is 5.02 Å². The highest BCUT2D eigenvalue weighted by Crippen LogP contribution is 2.29. The van der Waals surface area contributed by atoms with Crippen molar-refractivity contribution < 1.29 is 4.74 Å². The first kappa shape index (κ1) is 15.4. The zero-order chi connectivity index (χ0) is 14.5. The van der Waals surface area contributed by atoms with E-state index in [0.717, 1.165) is 26.4 Å². The van der Waals surface area contributed by atoms with Gasteiger partial charge in [0.25, 0.3) is 0 Å². The summed E-state index contributed by atoms with van der Waals surface area (Å²) < 4.78 is 6.95. The van der Waals surface area contributed by atoms with E-state index in [0.29, 0.717) is 6.61 Å². The fourth-order valence-electron chi connectivity index (χ4n) is 1.92. The summed E-state index contributed by atoms with van der Waals surface area (Å²) in [5.74, 6) is 0.862. The minimum atomic E-state index is 0.226. The number of halogens is 2. The number of rotatable bonds is 5. The van der Waals surface area contributed by atoms with Crippen molar-refractivity contribution in [3.63, 3.8) is 0 Å². The van der Waals surface area contributed by atoms with Gasteiger partial charge in [0.1, 0.15) is 12.4 Å². The van der Waals surface area contributed by atoms with Crippen molar-refractivity contribution in [2.24, 2.45) is 0 Å². The normalized spacial score (nSPS) is 12.2. The maximum absolute atomic E-state index is 6.15. The largest absolute Gasteiger partial charge is 0.488 e. The molecule has 0 fully saturated rings. The lowest BCUT2D eigenvalue weighted by molar-refractivity contribution is 0.300. The lowest BCUT2D eigenvalue weighted by Gasteiger charge is -2.17. The number of ether oxygens (including phenoxy) is 1. The lowest BCUT2D eigenvalue weighted by Crippen LogP contribution is -2.13. The van der Waals surface area contributed by atoms with Crippen LogP contribution in [0, 0.1) is 0 Å². The average molecular weight is 355 g/mol. The van der Waals surface area contributed by atoms with Crippen LogP contribution in [0.3, 0.4) is 0 Å². The third kappa shape index (κ3) is 3.75. The molecule has 0 amide bonds. The summed E-state index contributed by atoms with van der Waals surface area (Å²) in [5, 5.41) is 3.96. The Hall–Kier alpha value is -1.03. The zero-order valence-corrected chi connectivity index (χ0v) is 13.8. The molecule has 0 saturated carbocycles. The van der Waals surface area contributed by atoms with Crippen LogP contribution >= 0.6 is 27.5 Å². The predicted molar refractivity (Wildman–Crippen MR) is 87.4 cm³/mol. The summed E-state index contributed by atoms with van der Waals surface area (Å²) in [6.45, 7) is 2.56. The Morgan fingerprint density at radius 2 is 2.00 bits per heavy atom. The Balaban J connectivity index is 2.20. The van der Waals surface area contributed by atoms with Crippen LogP contribution < -0.4 is 10.1 Å². The molecule has 20 heavy (non-hydrogen) atoms. The highest BCUT2D eigenvalue weighted by molar-refractivity contribution is 9.10. The van der Waals surface area contributed by atoms with Gasteiger partial charge in [-0.1, -0.05) is 51.8 Å². The molecule has 2 nitrogen and oxygen atoms in total. The van der Waals surface area contributed by atoms with Gasteiger partial charge in [-0.3, -0.25) is 0 Å². The standard InChI is InChI=1S/C16H17BrClNO/c1-11(19-2)14-8-7-13(17)9-16(14)20-10-12-5-3-4-6-15(12)18/h3-9,11,19H,10H2,1-2H3. The highest BCUT2D eigenvalue weighted by atomic mass is 79.9. The molecule has 0 aliphatic rings. The summed E-state index contributed by atoms with van der Waals surface area (Å²) >= 11 is 9.63. The monoisotopic (exact) mass is 353 g/mol. The van der Waals surface area contributed by atoms with Crippen molar-refractivity contribution in [2.75, 3.05) is 7.05 Å². The highest BCUT2D eigenvalue weighted by Gasteiger charge is 2.11. The van der Waals surface area contributed by atoms with E-state index in [-0.39, 0.29) is 6.04 Å². The molecule has 2 rings (SSSR count). The van der Waals surface area contributed by atoms with Crippen LogP contribution in [0.15, 0.2) is 46.9 Å². The molecule has 0 radical (unpaired) electrons. The Morgan fingerprint density at radius 3 is 2.70 bits per heavy atom. The van der Waals surface area contributed by atoms with Crippen molar-refractivity contribution in [1.29, 1.82) is 0 Å². The van der Waals surface area contributed by atoms with E-state index in [1.165, 1.54) is 0 Å². The molecule has 1 unspecified atom stereocenters. The first-order chi connectivity index (χ1) is 9.61. The Bertz CT molecular complexity index is 588. The van der Waals surface area contributed by atoms with Gasteiger partial charge in [-0.2, -0.15) is 0 Å². The van der Waals surface area contributed by atoms with Crippen LogP contribution in [0.1, 0.15) is 24.1 Å². The molecular weight excluding hydrogens is 338 g/mol. The fourth-order valence-corrected chi connectivity index (χ4v) is 2.45. The third-order valence-corrected chi connectivity index (χ3v) is 4.08. The van der Waals surface area contributed by atoms with E-state index in [1.807, 2.05) is 43.4 Å². The second-order valence-corrected chi connectivity index (χ2v) is 5.90. The smallest absolute Gasteiger partial charge is 0.125 e. The van der Waals surface area contributed by atoms with Gasteiger partial charge >= 0.3 is 0 Å². The Kier molecular flexibility index (Phi) is 5.46. The second-order valence-electron chi connectivity index (χ2n) is 4.57. The van der Waals surface area contributed by atoms with Crippen molar-refractivity contribution in [2.45, 2.75) is 19.6 Å². The Labute approximate surface area is 133 Å². The quantitative estimate of drug-likeness (QED) is 0.819. The van der Waals surface area contributed by atoms with E-state index < -0.39 is 0 Å². The molecule has 0 aliphatic heterocycles. The molecule has 0 heterocycles. The minimum absolute atomic E-state index is 0.226. The molecule has 0 spiro atoms. The molecule has 0 saturated heterocycles. The van der Waals surface area contributed by atoms with Gasteiger partial charge in [0.2, 0.25) is 0 Å². The molecule has 4 heteroatoms. The molecule has 0 aromatic heterocycles. The molecule has 1 atom stereocenters. The van der Waals surface area contributed by atoms with Gasteiger partial charge in [-0.15, -0.1) is 0 Å². The topological polar surface area (TPSA) is 21.3 Å². The molecular formula is C16H17BrClNO. The molecule has 0 bridgehead atoms. The SMILES string of the molecule is CNC(C)c1ccc(Br)cc1OCc1ccccc1Cl. The summed E-state index contributed by atoms with van der Waals surface area (Å²) in [5.41, 5.74) is 2.11. The van der Waals surface area contributed by atoms with Gasteiger partial charge in [0, 0.05) is 26.7 Å². The summed E-state index contributed by atoms with van der Waals surface area (Å²) in [6, 6.07) is 14.0. The number of benzene rings is 2. The van der Waals surface area contributed by atoms with Crippen molar-refractivity contribution in [3.05, 3.63) is 63.1 Å². The minimum Gasteiger partial charge on any atom is -0.488 e. The molecule has 2 aromatic carbocycles. The van der Waals surface area contributed by atoms with Gasteiger partial charge in [0.15, 0.2) is 0 Å². The van der Waals surface area contributed by atoms with Gasteiger partial charge in [0.05, 0.1) is 0 Å². The van der Waals surface area contributed by atoms with Gasteiger partial charge in [-0.05, 0) is 32.2 Å². The number of nitrogens with one attached hydrogen (secondary N) is 1. The van der Waals surface area contributed by atoms with Gasteiger partial charge < -0.3 is 10.1 Å². The van der Waals surface area contributed by atoms with Crippen molar-refractivity contribution in [1.82, 2.24) is 5.32 Å². The van der Waals surface area contributed by atoms with E-state index in [4.69, 9.17) is 16.3 Å². The van der Waals surface area contributed by atoms with Gasteiger partial charge in [-0.25, -0.2) is 0 Å². The average Bonchev–Trinajstić information content (AvgIpc) is 2.46. The Morgan fingerprint density at radius 1 is 1.25 bits per heavy atom. The predicted octanol–water partition coefficient (Wildman–Crippen LogP) is 4.96. The first-order valence-electron chi connectivity index (χ1n) is 6.44. The van der Waals surface area contributed by atoms with Crippen LogP contribution in [0.4, 0.5) is 0 Å². The molecule has 0 aliphatic carbocycles. The molecule has 1 N–H and O–H groups in total. The maximum atomic E-state index is 6.15. The van der Waals surface area contributed by atoms with Crippen LogP contribution in [0.5, 0.6) is 5.75 Å². The van der Waals surface area contributed by atoms with E-state index in [9.17, 15) is 0 Å².